The van der Waals surface area contributed by atoms with Crippen molar-refractivity contribution in [3.8, 4) is 11.4 Å². The molecule has 0 aliphatic rings. The van der Waals surface area contributed by atoms with Crippen LogP contribution in [0.15, 0.2) is 16.7 Å². The van der Waals surface area contributed by atoms with E-state index in [2.05, 4.69) is 41.2 Å². The summed E-state index contributed by atoms with van der Waals surface area (Å²) in [6, 6.07) is 4.31. The summed E-state index contributed by atoms with van der Waals surface area (Å²) >= 11 is 0. The molecule has 1 unspecified atom stereocenters. The molecule has 2 heterocycles. The number of hydrogen-bond acceptors (Lipinski definition) is 5. The topological polar surface area (TPSA) is 63.8 Å². The second-order valence-corrected chi connectivity index (χ2v) is 5.76. The fraction of sp³-hybridized carbons (Fsp3) is 0.562. The number of nitrogens with zero attached hydrogens (tertiary/aromatic N) is 3. The number of aromatic nitrogens is 3. The van der Waals surface area contributed by atoms with Crippen molar-refractivity contribution in [3.63, 3.8) is 0 Å². The van der Waals surface area contributed by atoms with Crippen LogP contribution in [0.1, 0.15) is 38.0 Å². The molecule has 1 atom stereocenters. The molecule has 0 saturated carbocycles. The minimum absolute atomic E-state index is 0.351. The van der Waals surface area contributed by atoms with Gasteiger partial charge in [-0.25, -0.2) is 0 Å². The maximum Gasteiger partial charge on any atom is 0.228 e. The maximum atomic E-state index is 5.40. The molecule has 0 aromatic carbocycles. The molecule has 114 valence electrons. The Morgan fingerprint density at radius 3 is 2.38 bits per heavy atom. The first-order valence-electron chi connectivity index (χ1n) is 7.51. The van der Waals surface area contributed by atoms with E-state index in [1.54, 1.807) is 0 Å². The zero-order chi connectivity index (χ0) is 15.4. The zero-order valence-corrected chi connectivity index (χ0v) is 13.5. The minimum atomic E-state index is 0.351. The van der Waals surface area contributed by atoms with E-state index >= 15 is 0 Å². The molecule has 0 radical (unpaired) electrons. The molecule has 0 saturated heterocycles. The molecule has 0 aliphatic carbocycles. The van der Waals surface area contributed by atoms with Gasteiger partial charge in [-0.2, -0.15) is 4.98 Å². The van der Waals surface area contributed by atoms with Crippen LogP contribution in [0.25, 0.3) is 11.4 Å². The highest BCUT2D eigenvalue weighted by Crippen LogP contribution is 2.18. The first-order valence-corrected chi connectivity index (χ1v) is 7.51. The van der Waals surface area contributed by atoms with Crippen LogP contribution in [-0.4, -0.2) is 27.7 Å². The third-order valence-corrected chi connectivity index (χ3v) is 3.47. The van der Waals surface area contributed by atoms with Gasteiger partial charge in [-0.15, -0.1) is 0 Å². The van der Waals surface area contributed by atoms with Crippen molar-refractivity contribution in [1.29, 1.82) is 0 Å². The molecule has 0 bridgehead atoms. The van der Waals surface area contributed by atoms with Crippen LogP contribution in [0, 0.1) is 19.8 Å². The van der Waals surface area contributed by atoms with E-state index < -0.39 is 0 Å². The third-order valence-electron chi connectivity index (χ3n) is 3.47. The Labute approximate surface area is 126 Å². The number of nitrogens with one attached hydrogen (secondary N) is 1. The quantitative estimate of drug-likeness (QED) is 0.885. The van der Waals surface area contributed by atoms with Gasteiger partial charge in [-0.1, -0.05) is 25.9 Å². The molecule has 2 aromatic heterocycles. The van der Waals surface area contributed by atoms with Crippen molar-refractivity contribution in [2.45, 2.75) is 47.1 Å². The molecule has 0 aliphatic heterocycles. The predicted octanol–water partition coefficient (Wildman–Crippen LogP) is 2.93. The summed E-state index contributed by atoms with van der Waals surface area (Å²) in [4.78, 5) is 8.89. The van der Waals surface area contributed by atoms with Gasteiger partial charge in [-0.05, 0) is 38.4 Å². The summed E-state index contributed by atoms with van der Waals surface area (Å²) in [6.07, 6.45) is 0.752. The van der Waals surface area contributed by atoms with Gasteiger partial charge in [0.05, 0.1) is 0 Å². The van der Waals surface area contributed by atoms with Gasteiger partial charge in [0, 0.05) is 29.4 Å². The fourth-order valence-electron chi connectivity index (χ4n) is 2.41. The van der Waals surface area contributed by atoms with Crippen LogP contribution < -0.4 is 5.32 Å². The average Bonchev–Trinajstić information content (AvgIpc) is 2.85. The highest BCUT2D eigenvalue weighted by molar-refractivity contribution is 5.55. The number of rotatable bonds is 6. The van der Waals surface area contributed by atoms with Gasteiger partial charge in [-0.3, -0.25) is 4.98 Å². The standard InChI is InChI=1S/C16H24N4O/c1-6-17-14(10(2)3)9-15-19-16(20-21-15)13-7-11(4)18-12(5)8-13/h7-8,10,14,17H,6,9H2,1-5H3. The van der Waals surface area contributed by atoms with Gasteiger partial charge >= 0.3 is 0 Å². The summed E-state index contributed by atoms with van der Waals surface area (Å²) in [7, 11) is 0. The Morgan fingerprint density at radius 1 is 1.14 bits per heavy atom. The van der Waals surface area contributed by atoms with E-state index in [0.717, 1.165) is 29.9 Å². The molecular weight excluding hydrogens is 264 g/mol. The Balaban J connectivity index is 2.17. The van der Waals surface area contributed by atoms with E-state index in [1.807, 2.05) is 26.0 Å². The molecule has 5 nitrogen and oxygen atoms in total. The maximum absolute atomic E-state index is 5.40. The first-order chi connectivity index (χ1) is 9.99. The van der Waals surface area contributed by atoms with Crippen molar-refractivity contribution in [1.82, 2.24) is 20.4 Å². The van der Waals surface area contributed by atoms with E-state index in [9.17, 15) is 0 Å². The van der Waals surface area contributed by atoms with Crippen LogP contribution in [-0.2, 0) is 6.42 Å². The monoisotopic (exact) mass is 288 g/mol. The van der Waals surface area contributed by atoms with Crippen LogP contribution in [0.5, 0.6) is 0 Å². The number of pyridine rings is 1. The zero-order valence-electron chi connectivity index (χ0n) is 13.5. The lowest BCUT2D eigenvalue weighted by Crippen LogP contribution is -2.35. The average molecular weight is 288 g/mol. The van der Waals surface area contributed by atoms with Crippen LogP contribution >= 0.6 is 0 Å². The van der Waals surface area contributed by atoms with Gasteiger partial charge in [0.25, 0.3) is 0 Å². The van der Waals surface area contributed by atoms with E-state index in [4.69, 9.17) is 4.52 Å². The largest absolute Gasteiger partial charge is 0.339 e. The van der Waals surface area contributed by atoms with Crippen LogP contribution in [0.4, 0.5) is 0 Å². The third kappa shape index (κ3) is 4.11. The highest BCUT2D eigenvalue weighted by Gasteiger charge is 2.17. The first kappa shape index (κ1) is 15.6. The summed E-state index contributed by atoms with van der Waals surface area (Å²) in [5.41, 5.74) is 2.88. The van der Waals surface area contributed by atoms with Crippen molar-refractivity contribution in [3.05, 3.63) is 29.4 Å². The van der Waals surface area contributed by atoms with Gasteiger partial charge < -0.3 is 9.84 Å². The van der Waals surface area contributed by atoms with Gasteiger partial charge in [0.1, 0.15) is 0 Å². The second-order valence-electron chi connectivity index (χ2n) is 5.76. The molecule has 2 rings (SSSR count). The molecule has 2 aromatic rings. The minimum Gasteiger partial charge on any atom is -0.339 e. The predicted molar refractivity (Wildman–Crippen MR) is 83.0 cm³/mol. The molecule has 1 N–H and O–H groups in total. The van der Waals surface area contributed by atoms with Crippen LogP contribution in [0.2, 0.25) is 0 Å². The van der Waals surface area contributed by atoms with E-state index in [0.29, 0.717) is 23.7 Å². The summed E-state index contributed by atoms with van der Waals surface area (Å²) < 4.78 is 5.40. The summed E-state index contributed by atoms with van der Waals surface area (Å²) in [5, 5.41) is 7.56. The smallest absolute Gasteiger partial charge is 0.228 e. The number of hydrogen-bond donors (Lipinski definition) is 1. The van der Waals surface area contributed by atoms with Crippen molar-refractivity contribution in [2.75, 3.05) is 6.54 Å². The molecule has 21 heavy (non-hydrogen) atoms. The summed E-state index contributed by atoms with van der Waals surface area (Å²) in [6.45, 7) is 11.4. The van der Waals surface area contributed by atoms with Crippen molar-refractivity contribution in [2.24, 2.45) is 5.92 Å². The second kappa shape index (κ2) is 6.80. The van der Waals surface area contributed by atoms with E-state index in [-0.39, 0.29) is 0 Å². The van der Waals surface area contributed by atoms with Crippen molar-refractivity contribution >= 4 is 0 Å². The van der Waals surface area contributed by atoms with Crippen molar-refractivity contribution < 1.29 is 4.52 Å². The SMILES string of the molecule is CCNC(Cc1nc(-c2cc(C)nc(C)c2)no1)C(C)C. The normalized spacial score (nSPS) is 12.9. The van der Waals surface area contributed by atoms with Gasteiger partial charge in [0.15, 0.2) is 0 Å². The lowest BCUT2D eigenvalue weighted by molar-refractivity contribution is 0.329. The van der Waals surface area contributed by atoms with Crippen LogP contribution in [0.3, 0.4) is 0 Å². The Morgan fingerprint density at radius 2 is 1.81 bits per heavy atom. The molecule has 0 spiro atoms. The fourth-order valence-corrected chi connectivity index (χ4v) is 2.41. The lowest BCUT2D eigenvalue weighted by atomic mass is 10.0. The Hall–Kier alpha value is -1.75. The molecule has 5 heteroatoms. The van der Waals surface area contributed by atoms with Gasteiger partial charge in [0.2, 0.25) is 11.7 Å². The number of aryl methyl sites for hydroxylation is 2. The molecular formula is C16H24N4O. The molecule has 0 amide bonds. The summed E-state index contributed by atoms with van der Waals surface area (Å²) in [5.74, 6) is 1.83. The lowest BCUT2D eigenvalue weighted by Gasteiger charge is -2.19. The van der Waals surface area contributed by atoms with E-state index in [1.165, 1.54) is 0 Å². The number of likely N-dealkylation sites (N-methyl/N-ethyl adjacent to an activating group) is 1. The Kier molecular flexibility index (Phi) is 5.07. The Bertz CT molecular complexity index is 571. The highest BCUT2D eigenvalue weighted by atomic mass is 16.5. The molecule has 0 fully saturated rings.